The van der Waals surface area contributed by atoms with Gasteiger partial charge in [-0.05, 0) is 87.9 Å². The minimum absolute atomic E-state index is 0.317. The molecule has 0 bridgehead atoms. The summed E-state index contributed by atoms with van der Waals surface area (Å²) in [5.41, 5.74) is 5.17. The maximum atomic E-state index is 12.0. The first-order valence-corrected chi connectivity index (χ1v) is 22.1. The van der Waals surface area contributed by atoms with Gasteiger partial charge < -0.3 is 15.1 Å². The molecule has 0 saturated heterocycles. The van der Waals surface area contributed by atoms with E-state index in [0.29, 0.717) is 53.2 Å². The molecule has 0 spiro atoms. The molecule has 15 nitrogen and oxygen atoms in total. The van der Waals surface area contributed by atoms with Crippen molar-refractivity contribution in [1.82, 2.24) is 0 Å². The second-order valence-electron chi connectivity index (χ2n) is 14.2. The van der Waals surface area contributed by atoms with Crippen LogP contribution in [-0.4, -0.2) is 76.2 Å². The number of fused-ring (bicyclic) bond motifs is 6. The lowest BCUT2D eigenvalue weighted by Gasteiger charge is -2.24. The van der Waals surface area contributed by atoms with Gasteiger partial charge in [0.05, 0.1) is 22.4 Å². The van der Waals surface area contributed by atoms with E-state index >= 15 is 0 Å². The van der Waals surface area contributed by atoms with Gasteiger partial charge in [-0.15, -0.1) is 0 Å². The number of hydrogen-bond acceptors (Lipinski definition) is 12. The van der Waals surface area contributed by atoms with E-state index in [9.17, 15) is 49.1 Å². The predicted molar refractivity (Wildman–Crippen MR) is 205 cm³/mol. The predicted octanol–water partition coefficient (Wildman–Crippen LogP) is 6.41. The van der Waals surface area contributed by atoms with Gasteiger partial charge in [-0.25, -0.2) is 5.26 Å². The largest absolute Gasteiger partial charge is 0.510 e. The van der Waals surface area contributed by atoms with Crippen molar-refractivity contribution in [2.45, 2.75) is 67.1 Å². The fraction of sp³-hybridized carbons (Fsp3) is 0.306. The Bertz CT molecular complexity index is 2550. The van der Waals surface area contributed by atoms with Gasteiger partial charge >= 0.3 is 0 Å². The van der Waals surface area contributed by atoms with E-state index < -0.39 is 64.2 Å². The molecule has 1 fully saturated rings. The molecule has 2 unspecified atom stereocenters. The first-order chi connectivity index (χ1) is 25.5. The molecule has 2 aliphatic carbocycles. The third-order valence-electron chi connectivity index (χ3n) is 10.3. The van der Waals surface area contributed by atoms with Gasteiger partial charge in [0.15, 0.2) is 5.76 Å². The number of rotatable bonds is 12. The smallest absolute Gasteiger partial charge is 0.294 e. The summed E-state index contributed by atoms with van der Waals surface area (Å²) in [6.45, 7) is 5.79. The molecule has 2 aromatic rings. The maximum Gasteiger partial charge on any atom is 0.294 e. The van der Waals surface area contributed by atoms with Crippen LogP contribution in [-0.2, 0) is 45.5 Å². The Morgan fingerprint density at radius 1 is 0.909 bits per heavy atom. The molecule has 6 rings (SSSR count). The molecular weight excluding hydrogens is 797 g/mol. The van der Waals surface area contributed by atoms with Gasteiger partial charge in [-0.3, -0.25) is 13.7 Å². The van der Waals surface area contributed by atoms with Crippen LogP contribution in [0.4, 0.5) is 11.4 Å². The van der Waals surface area contributed by atoms with E-state index in [2.05, 4.69) is 4.33 Å². The van der Waals surface area contributed by atoms with Crippen LogP contribution in [0.3, 0.4) is 0 Å². The second kappa shape index (κ2) is 14.5. The zero-order chi connectivity index (χ0) is 40.3. The molecule has 0 aromatic heterocycles. The minimum atomic E-state index is -4.57. The van der Waals surface area contributed by atoms with Gasteiger partial charge in [-0.2, -0.15) is 34.2 Å². The van der Waals surface area contributed by atoms with Crippen LogP contribution in [0.1, 0.15) is 57.6 Å². The van der Waals surface area contributed by atoms with Crippen molar-refractivity contribution < 1.29 is 63.3 Å². The molecular formula is C36H39N2O13S4+. The molecule has 2 aromatic carbocycles. The van der Waals surface area contributed by atoms with Crippen molar-refractivity contribution in [2.75, 3.05) is 16.4 Å². The Balaban J connectivity index is 1.39. The molecule has 2 atom stereocenters. The molecule has 6 N–H and O–H groups in total. The van der Waals surface area contributed by atoms with Crippen LogP contribution in [0.2, 0.25) is 0 Å². The molecule has 0 radical (unpaired) electrons. The molecule has 55 heavy (non-hydrogen) atoms. The number of allylic oxidation sites excluding steroid dienone is 8. The van der Waals surface area contributed by atoms with Crippen LogP contribution in [0.15, 0.2) is 117 Å². The van der Waals surface area contributed by atoms with Crippen LogP contribution < -0.4 is 4.90 Å². The van der Waals surface area contributed by atoms with Crippen LogP contribution in [0, 0.1) is 0 Å². The Morgan fingerprint density at radius 3 is 2.24 bits per heavy atom. The molecule has 294 valence electrons. The normalized spacial score (nSPS) is 24.0. The number of aliphatic hydroxyl groups is 2. The second-order valence-corrected chi connectivity index (χ2v) is 19.4. The monoisotopic (exact) mass is 835 g/mol. The van der Waals surface area contributed by atoms with Gasteiger partial charge in [0.1, 0.15) is 17.3 Å². The summed E-state index contributed by atoms with van der Waals surface area (Å²) in [5, 5.41) is 30.1. The highest BCUT2D eigenvalue weighted by atomic mass is 32.2. The lowest BCUT2D eigenvalue weighted by Crippen LogP contribution is -2.26. The van der Waals surface area contributed by atoms with E-state index in [-0.39, 0.29) is 4.90 Å². The average Bonchev–Trinajstić information content (AvgIpc) is 3.72. The SMILES string of the molecule is CC(/C=C/C1=C2N(/C=C(/O)CS(=O)(=O)O)c3ccc(S(=O)(=O)O)cc3C2(C)CC1)=C\C=C1/CCC2(C)C1=[N+](/C=C(/O)CS(=O)(=O)O)c1ccc(SOO)cc12. The minimum Gasteiger partial charge on any atom is -0.510 e. The van der Waals surface area contributed by atoms with Crippen LogP contribution in [0.5, 0.6) is 0 Å². The van der Waals surface area contributed by atoms with Gasteiger partial charge in [0.2, 0.25) is 17.6 Å². The highest BCUT2D eigenvalue weighted by Gasteiger charge is 2.54. The number of aliphatic hydroxyl groups excluding tert-OH is 2. The Kier molecular flexibility index (Phi) is 10.7. The van der Waals surface area contributed by atoms with Gasteiger partial charge in [0.25, 0.3) is 30.4 Å². The lowest BCUT2D eigenvalue weighted by molar-refractivity contribution is -0.359. The molecule has 1 saturated carbocycles. The number of nitrogens with zero attached hydrogens (tertiary/aromatic N) is 2. The van der Waals surface area contributed by atoms with Gasteiger partial charge in [0, 0.05) is 45.1 Å². The average molecular weight is 836 g/mol. The summed E-state index contributed by atoms with van der Waals surface area (Å²) in [6, 6.07) is 9.35. The van der Waals surface area contributed by atoms with E-state index in [1.807, 2.05) is 51.1 Å². The number of anilines is 1. The summed E-state index contributed by atoms with van der Waals surface area (Å²) in [4.78, 5) is 1.88. The molecule has 2 heterocycles. The standard InChI is InChI=1S/C36H38N2O13S4/c1-22(4-6-23-12-14-35(2)29-16-27(52-51-41)8-10-31(29)37(33(23)35)18-25(39)20-53(42,43)44)5-7-24-13-15-36(3)30-17-28(55(48,49)50)9-11-32(30)38(34(24)36)19-26(40)21-54(45,46)47/h4-11,16-19H,12-15,20-21H2,1-3H3,(H5-,39,40,41,42,43,44,45,46,47,48,49,50)/p+1/b25-18+,26-19+. The summed E-state index contributed by atoms with van der Waals surface area (Å²) >= 11 is 0.765. The topological polar surface area (TPSA) is 239 Å². The number of benzene rings is 2. The van der Waals surface area contributed by atoms with Crippen LogP contribution >= 0.6 is 12.0 Å². The maximum absolute atomic E-state index is 12.0. The van der Waals surface area contributed by atoms with Crippen molar-refractivity contribution in [3.05, 3.63) is 118 Å². The van der Waals surface area contributed by atoms with E-state index in [1.54, 1.807) is 21.6 Å². The van der Waals surface area contributed by atoms with Crippen molar-refractivity contribution in [1.29, 1.82) is 0 Å². The molecule has 4 aliphatic rings. The summed E-state index contributed by atoms with van der Waals surface area (Å²) in [7, 11) is -13.6. The lowest BCUT2D eigenvalue weighted by atomic mass is 9.81. The molecule has 2 aliphatic heterocycles. The first-order valence-electron chi connectivity index (χ1n) is 16.7. The Morgan fingerprint density at radius 2 is 1.58 bits per heavy atom. The fourth-order valence-corrected chi connectivity index (χ4v) is 9.79. The highest BCUT2D eigenvalue weighted by Crippen LogP contribution is 2.57. The zero-order valence-corrected chi connectivity index (χ0v) is 33.0. The van der Waals surface area contributed by atoms with Crippen molar-refractivity contribution >= 4 is 59.5 Å². The first kappa shape index (κ1) is 40.6. The fourth-order valence-electron chi connectivity index (χ4n) is 8.01. The third kappa shape index (κ3) is 8.12. The Hall–Kier alpha value is -4.05. The summed E-state index contributed by atoms with van der Waals surface area (Å²) in [5.74, 6) is -3.24. The zero-order valence-electron chi connectivity index (χ0n) is 29.7. The molecule has 19 heteroatoms. The third-order valence-corrected chi connectivity index (χ3v) is 13.0. The van der Waals surface area contributed by atoms with Crippen molar-refractivity contribution in [3.8, 4) is 0 Å². The summed E-state index contributed by atoms with van der Waals surface area (Å²) < 4.78 is 105. The van der Waals surface area contributed by atoms with Gasteiger partial charge in [-0.1, -0.05) is 29.9 Å². The quantitative estimate of drug-likeness (QED) is 0.0258. The van der Waals surface area contributed by atoms with Crippen LogP contribution in [0.25, 0.3) is 0 Å². The van der Waals surface area contributed by atoms with E-state index in [0.717, 1.165) is 40.0 Å². The number of hydrogen-bond donors (Lipinski definition) is 6. The van der Waals surface area contributed by atoms with E-state index in [1.165, 1.54) is 30.6 Å². The Labute approximate surface area is 323 Å². The molecule has 0 amide bonds. The van der Waals surface area contributed by atoms with Crippen molar-refractivity contribution in [3.63, 3.8) is 0 Å². The summed E-state index contributed by atoms with van der Waals surface area (Å²) in [6.07, 6.45) is 12.4. The van der Waals surface area contributed by atoms with E-state index in [4.69, 9.17) is 5.26 Å². The van der Waals surface area contributed by atoms with Crippen molar-refractivity contribution in [2.24, 2.45) is 0 Å². The highest BCUT2D eigenvalue weighted by molar-refractivity contribution is 7.94.